The predicted molar refractivity (Wildman–Crippen MR) is 119 cm³/mol. The van der Waals surface area contributed by atoms with Gasteiger partial charge in [0.25, 0.3) is 0 Å². The van der Waals surface area contributed by atoms with E-state index in [9.17, 15) is 4.79 Å². The number of nitrogens with one attached hydrogen (secondary N) is 2. The lowest BCUT2D eigenvalue weighted by molar-refractivity contribution is 0.0981. The van der Waals surface area contributed by atoms with E-state index >= 15 is 0 Å². The Morgan fingerprint density at radius 3 is 2.81 bits per heavy atom. The number of hydrogen-bond donors (Lipinski definition) is 2. The van der Waals surface area contributed by atoms with Crippen molar-refractivity contribution in [2.75, 3.05) is 5.32 Å². The average molecular weight is 426 g/mol. The number of alkyl carbamates (subject to hydrolysis) is 1. The van der Waals surface area contributed by atoms with Crippen LogP contribution in [0.1, 0.15) is 65.5 Å². The molecule has 0 spiro atoms. The van der Waals surface area contributed by atoms with E-state index in [1.54, 1.807) is 16.9 Å². The summed E-state index contributed by atoms with van der Waals surface area (Å²) in [4.78, 5) is 16.4. The number of rotatable bonds is 5. The van der Waals surface area contributed by atoms with Gasteiger partial charge >= 0.3 is 6.09 Å². The van der Waals surface area contributed by atoms with Gasteiger partial charge in [0.2, 0.25) is 0 Å². The van der Waals surface area contributed by atoms with Crippen LogP contribution in [0.5, 0.6) is 0 Å². The van der Waals surface area contributed by atoms with E-state index in [2.05, 4.69) is 47.6 Å². The van der Waals surface area contributed by atoms with Gasteiger partial charge in [0, 0.05) is 30.4 Å². The van der Waals surface area contributed by atoms with Crippen molar-refractivity contribution in [3.05, 3.63) is 36.4 Å². The van der Waals surface area contributed by atoms with Crippen LogP contribution in [0, 0.1) is 0 Å². The summed E-state index contributed by atoms with van der Waals surface area (Å²) in [5.74, 6) is 1.86. The first-order valence-corrected chi connectivity index (χ1v) is 10.8. The smallest absolute Gasteiger partial charge is 0.407 e. The molecule has 2 N–H and O–H groups in total. The third-order valence-corrected chi connectivity index (χ3v) is 5.42. The van der Waals surface area contributed by atoms with Crippen molar-refractivity contribution in [2.45, 2.75) is 77.5 Å². The summed E-state index contributed by atoms with van der Waals surface area (Å²) in [6, 6.07) is 4.08. The van der Waals surface area contributed by atoms with Gasteiger partial charge in [-0.05, 0) is 59.9 Å². The van der Waals surface area contributed by atoms with Gasteiger partial charge in [0.1, 0.15) is 17.4 Å². The highest BCUT2D eigenvalue weighted by Gasteiger charge is 2.32. The number of aromatic nitrogens is 5. The molecule has 4 rings (SSSR count). The van der Waals surface area contributed by atoms with Crippen LogP contribution in [-0.4, -0.2) is 42.6 Å². The zero-order chi connectivity index (χ0) is 22.2. The maximum atomic E-state index is 12.0. The van der Waals surface area contributed by atoms with E-state index in [-0.39, 0.29) is 29.7 Å². The zero-order valence-corrected chi connectivity index (χ0v) is 18.8. The number of carbonyl (C=O) groups excluding carboxylic acids is 1. The largest absolute Gasteiger partial charge is 0.446 e. The van der Waals surface area contributed by atoms with E-state index in [1.165, 1.54) is 0 Å². The van der Waals surface area contributed by atoms with Crippen molar-refractivity contribution in [3.63, 3.8) is 0 Å². The third kappa shape index (κ3) is 4.65. The molecule has 0 aromatic carbocycles. The molecule has 2 atom stereocenters. The molecule has 1 aliphatic carbocycles. The number of amides is 1. The SMILES string of the molecule is CC(C)NC(=O)O[C@@H]1CC[C@H](c2cc(Nc3nccn4nccc34)n(C(C)(C)C)n2)C1. The third-order valence-electron chi connectivity index (χ3n) is 5.42. The summed E-state index contributed by atoms with van der Waals surface area (Å²) >= 11 is 0. The molecule has 1 amide bonds. The highest BCUT2D eigenvalue weighted by molar-refractivity contribution is 5.71. The Balaban J connectivity index is 1.54. The van der Waals surface area contributed by atoms with Gasteiger partial charge in [0.15, 0.2) is 5.82 Å². The van der Waals surface area contributed by atoms with Gasteiger partial charge in [0.05, 0.1) is 17.4 Å². The maximum Gasteiger partial charge on any atom is 0.407 e. The Kier molecular flexibility index (Phi) is 5.60. The Morgan fingerprint density at radius 2 is 2.06 bits per heavy atom. The predicted octanol–water partition coefficient (Wildman–Crippen LogP) is 4.20. The number of anilines is 2. The molecule has 0 aliphatic heterocycles. The lowest BCUT2D eigenvalue weighted by Crippen LogP contribution is -2.33. The van der Waals surface area contributed by atoms with Crippen LogP contribution in [0.3, 0.4) is 0 Å². The van der Waals surface area contributed by atoms with Gasteiger partial charge < -0.3 is 15.4 Å². The second-order valence-corrected chi connectivity index (χ2v) is 9.44. The topological polar surface area (TPSA) is 98.4 Å². The Bertz CT molecular complexity index is 1060. The first kappa shape index (κ1) is 21.1. The van der Waals surface area contributed by atoms with E-state index in [4.69, 9.17) is 9.84 Å². The van der Waals surface area contributed by atoms with Crippen LogP contribution in [0.4, 0.5) is 16.4 Å². The van der Waals surface area contributed by atoms with Crippen LogP contribution >= 0.6 is 0 Å². The van der Waals surface area contributed by atoms with Crippen LogP contribution in [0.15, 0.2) is 30.7 Å². The van der Waals surface area contributed by atoms with Gasteiger partial charge in [-0.2, -0.15) is 10.2 Å². The second kappa shape index (κ2) is 8.20. The van der Waals surface area contributed by atoms with Crippen molar-refractivity contribution in [3.8, 4) is 0 Å². The first-order chi connectivity index (χ1) is 14.7. The fourth-order valence-corrected chi connectivity index (χ4v) is 4.01. The number of carbonyl (C=O) groups is 1. The van der Waals surface area contributed by atoms with Crippen LogP contribution in [0.2, 0.25) is 0 Å². The minimum atomic E-state index is -0.344. The van der Waals surface area contributed by atoms with E-state index in [0.717, 1.165) is 42.1 Å². The van der Waals surface area contributed by atoms with Crippen molar-refractivity contribution in [1.82, 2.24) is 29.7 Å². The van der Waals surface area contributed by atoms with E-state index in [1.807, 2.05) is 30.8 Å². The molecule has 166 valence electrons. The number of nitrogens with zero attached hydrogens (tertiary/aromatic N) is 5. The summed E-state index contributed by atoms with van der Waals surface area (Å²) in [5, 5.41) is 15.5. The molecule has 0 radical (unpaired) electrons. The molecule has 31 heavy (non-hydrogen) atoms. The van der Waals surface area contributed by atoms with Crippen LogP contribution in [-0.2, 0) is 10.3 Å². The average Bonchev–Trinajstić information content (AvgIpc) is 3.39. The molecule has 0 bridgehead atoms. The van der Waals surface area contributed by atoms with Crippen molar-refractivity contribution in [1.29, 1.82) is 0 Å². The molecule has 1 aliphatic rings. The molecule has 0 unspecified atom stereocenters. The summed E-state index contributed by atoms with van der Waals surface area (Å²) < 4.78 is 9.38. The van der Waals surface area contributed by atoms with Crippen molar-refractivity contribution >= 4 is 23.2 Å². The molecule has 1 fully saturated rings. The summed E-state index contributed by atoms with van der Waals surface area (Å²) in [5.41, 5.74) is 1.70. The molecule has 9 nitrogen and oxygen atoms in total. The summed E-state index contributed by atoms with van der Waals surface area (Å²) in [6.07, 6.45) is 7.44. The van der Waals surface area contributed by atoms with Gasteiger partial charge in [-0.1, -0.05) is 0 Å². The minimum Gasteiger partial charge on any atom is -0.446 e. The number of fused-ring (bicyclic) bond motifs is 1. The fraction of sp³-hybridized carbons (Fsp3) is 0.545. The van der Waals surface area contributed by atoms with Gasteiger partial charge in [-0.25, -0.2) is 19.0 Å². The summed E-state index contributed by atoms with van der Waals surface area (Å²) in [6.45, 7) is 10.2. The van der Waals surface area contributed by atoms with Crippen LogP contribution < -0.4 is 10.6 Å². The normalized spacial score (nSPS) is 19.2. The summed E-state index contributed by atoms with van der Waals surface area (Å²) in [7, 11) is 0. The molecule has 0 saturated heterocycles. The molecular weight excluding hydrogens is 394 g/mol. The van der Waals surface area contributed by atoms with Gasteiger partial charge in [-0.15, -0.1) is 0 Å². The Hall–Kier alpha value is -3.10. The standard InChI is InChI=1S/C22H31N7O2/c1-14(2)25-21(30)31-16-7-6-15(12-16)17-13-19(29(27-17)22(3,4)5)26-20-18-8-9-24-28(18)11-10-23-20/h8-11,13-16H,6-7,12H2,1-5H3,(H,23,26)(H,25,30)/t15-,16+/m0/s1. The van der Waals surface area contributed by atoms with Gasteiger partial charge in [-0.3, -0.25) is 0 Å². The molecule has 3 aromatic rings. The molecular formula is C22H31N7O2. The number of ether oxygens (including phenoxy) is 1. The highest BCUT2D eigenvalue weighted by atomic mass is 16.6. The quantitative estimate of drug-likeness (QED) is 0.636. The Labute approximate surface area is 182 Å². The van der Waals surface area contributed by atoms with Crippen molar-refractivity contribution < 1.29 is 9.53 Å². The monoisotopic (exact) mass is 425 g/mol. The Morgan fingerprint density at radius 1 is 1.26 bits per heavy atom. The molecule has 9 heteroatoms. The molecule has 3 heterocycles. The maximum absolute atomic E-state index is 12.0. The van der Waals surface area contributed by atoms with E-state index < -0.39 is 0 Å². The van der Waals surface area contributed by atoms with Crippen LogP contribution in [0.25, 0.3) is 5.52 Å². The van der Waals surface area contributed by atoms with Crippen molar-refractivity contribution in [2.24, 2.45) is 0 Å². The lowest BCUT2D eigenvalue weighted by atomic mass is 10.0. The minimum absolute atomic E-state index is 0.0645. The zero-order valence-electron chi connectivity index (χ0n) is 18.8. The molecule has 1 saturated carbocycles. The molecule has 3 aromatic heterocycles. The highest BCUT2D eigenvalue weighted by Crippen LogP contribution is 2.38. The fourth-order valence-electron chi connectivity index (χ4n) is 4.01. The van der Waals surface area contributed by atoms with E-state index in [0.29, 0.717) is 0 Å². The second-order valence-electron chi connectivity index (χ2n) is 9.44. The lowest BCUT2D eigenvalue weighted by Gasteiger charge is -2.22. The number of hydrogen-bond acceptors (Lipinski definition) is 6. The first-order valence-electron chi connectivity index (χ1n) is 10.8.